The van der Waals surface area contributed by atoms with Crippen LogP contribution in [0.25, 0.3) is 11.4 Å². The number of aromatic amines is 1. The Morgan fingerprint density at radius 2 is 2.00 bits per heavy atom. The molecule has 0 spiro atoms. The first-order chi connectivity index (χ1) is 13.0. The number of para-hydroxylation sites is 1. The molecule has 1 heterocycles. The van der Waals surface area contributed by atoms with Gasteiger partial charge in [0.1, 0.15) is 11.5 Å². The van der Waals surface area contributed by atoms with Gasteiger partial charge in [0.25, 0.3) is 0 Å². The lowest BCUT2D eigenvalue weighted by Gasteiger charge is -2.16. The van der Waals surface area contributed by atoms with Gasteiger partial charge in [-0.25, -0.2) is 9.77 Å². The second kappa shape index (κ2) is 8.45. The minimum Gasteiger partial charge on any atom is -0.496 e. The lowest BCUT2D eigenvalue weighted by atomic mass is 10.2. The van der Waals surface area contributed by atoms with Crippen LogP contribution in [0.4, 0.5) is 0 Å². The van der Waals surface area contributed by atoms with Gasteiger partial charge in [0, 0.05) is 10.6 Å². The van der Waals surface area contributed by atoms with Crippen molar-refractivity contribution in [2.45, 2.75) is 26.5 Å². The van der Waals surface area contributed by atoms with Crippen LogP contribution in [0.5, 0.6) is 11.5 Å². The molecule has 0 aliphatic carbocycles. The van der Waals surface area contributed by atoms with Crippen molar-refractivity contribution >= 4 is 23.8 Å². The third-order valence-electron chi connectivity index (χ3n) is 3.83. The molecule has 1 aromatic heterocycles. The first kappa shape index (κ1) is 19.3. The molecule has 0 saturated carbocycles. The molecule has 8 heteroatoms. The highest BCUT2D eigenvalue weighted by atomic mass is 35.5. The highest BCUT2D eigenvalue weighted by molar-refractivity contribution is 7.71. The van der Waals surface area contributed by atoms with Crippen LogP contribution in [0.1, 0.15) is 19.4 Å². The van der Waals surface area contributed by atoms with E-state index < -0.39 is 0 Å². The van der Waals surface area contributed by atoms with E-state index in [2.05, 4.69) is 15.6 Å². The van der Waals surface area contributed by atoms with Gasteiger partial charge >= 0.3 is 0 Å². The molecule has 0 amide bonds. The van der Waals surface area contributed by atoms with Crippen molar-refractivity contribution in [2.24, 2.45) is 0 Å². The normalized spacial score (nSPS) is 10.9. The van der Waals surface area contributed by atoms with Gasteiger partial charge in [0.15, 0.2) is 5.82 Å². The zero-order valence-electron chi connectivity index (χ0n) is 15.3. The first-order valence-corrected chi connectivity index (χ1v) is 9.28. The molecule has 0 aliphatic heterocycles. The molecule has 142 valence electrons. The minimum absolute atomic E-state index is 0.0603. The van der Waals surface area contributed by atoms with E-state index in [1.54, 1.807) is 11.8 Å². The molecule has 27 heavy (non-hydrogen) atoms. The van der Waals surface area contributed by atoms with Crippen molar-refractivity contribution in [2.75, 3.05) is 12.5 Å². The SMILES string of the molecule is COc1ccccc1-c1n[nH]c(=S)n1NCc1cc(Cl)ccc1OC(C)C. The summed E-state index contributed by atoms with van der Waals surface area (Å²) in [6.07, 6.45) is 0.0603. The smallest absolute Gasteiger partial charge is 0.214 e. The highest BCUT2D eigenvalue weighted by Crippen LogP contribution is 2.28. The summed E-state index contributed by atoms with van der Waals surface area (Å²) in [6, 6.07) is 13.2. The summed E-state index contributed by atoms with van der Waals surface area (Å²) in [5.74, 6) is 2.11. The van der Waals surface area contributed by atoms with E-state index in [-0.39, 0.29) is 6.10 Å². The summed E-state index contributed by atoms with van der Waals surface area (Å²) in [4.78, 5) is 0. The molecule has 0 fully saturated rings. The Morgan fingerprint density at radius 3 is 2.74 bits per heavy atom. The van der Waals surface area contributed by atoms with Crippen LogP contribution in [0, 0.1) is 4.77 Å². The fraction of sp³-hybridized carbons (Fsp3) is 0.263. The molecule has 0 atom stereocenters. The van der Waals surface area contributed by atoms with E-state index in [9.17, 15) is 0 Å². The average molecular weight is 405 g/mol. The first-order valence-electron chi connectivity index (χ1n) is 8.49. The number of methoxy groups -OCH3 is 1. The molecule has 3 aromatic rings. The van der Waals surface area contributed by atoms with Gasteiger partial charge < -0.3 is 14.9 Å². The van der Waals surface area contributed by atoms with Gasteiger partial charge in [0.05, 0.1) is 25.3 Å². The quantitative estimate of drug-likeness (QED) is 0.554. The van der Waals surface area contributed by atoms with Crippen molar-refractivity contribution in [3.8, 4) is 22.9 Å². The predicted octanol–water partition coefficient (Wildman–Crippen LogP) is 4.80. The number of benzene rings is 2. The Labute approximate surface area is 168 Å². The maximum Gasteiger partial charge on any atom is 0.214 e. The summed E-state index contributed by atoms with van der Waals surface area (Å²) >= 11 is 11.5. The maximum absolute atomic E-state index is 6.17. The summed E-state index contributed by atoms with van der Waals surface area (Å²) in [5.41, 5.74) is 5.04. The van der Waals surface area contributed by atoms with Gasteiger partial charge in [-0.2, -0.15) is 5.10 Å². The van der Waals surface area contributed by atoms with Crippen LogP contribution >= 0.6 is 23.8 Å². The zero-order valence-corrected chi connectivity index (χ0v) is 16.9. The standard InChI is InChI=1S/C19H21ClN4O2S/c1-12(2)26-16-9-8-14(20)10-13(16)11-21-24-18(22-23-19(24)27)15-6-4-5-7-17(15)25-3/h4-10,12,21H,11H2,1-3H3,(H,23,27). The van der Waals surface area contributed by atoms with Crippen LogP contribution in [0.2, 0.25) is 5.02 Å². The van der Waals surface area contributed by atoms with E-state index in [0.717, 1.165) is 16.9 Å². The largest absolute Gasteiger partial charge is 0.496 e. The number of halogens is 1. The van der Waals surface area contributed by atoms with Gasteiger partial charge in [-0.05, 0) is 56.4 Å². The van der Waals surface area contributed by atoms with Gasteiger partial charge in [-0.1, -0.05) is 23.7 Å². The van der Waals surface area contributed by atoms with E-state index in [1.165, 1.54) is 0 Å². The van der Waals surface area contributed by atoms with E-state index in [0.29, 0.717) is 27.9 Å². The number of aromatic nitrogens is 3. The number of nitrogens with zero attached hydrogens (tertiary/aromatic N) is 2. The third-order valence-corrected chi connectivity index (χ3v) is 4.34. The maximum atomic E-state index is 6.17. The van der Waals surface area contributed by atoms with Gasteiger partial charge in [0.2, 0.25) is 4.77 Å². The van der Waals surface area contributed by atoms with Crippen molar-refractivity contribution < 1.29 is 9.47 Å². The van der Waals surface area contributed by atoms with Crippen molar-refractivity contribution in [3.63, 3.8) is 0 Å². The summed E-state index contributed by atoms with van der Waals surface area (Å²) in [6.45, 7) is 4.42. The highest BCUT2D eigenvalue weighted by Gasteiger charge is 2.14. The second-order valence-corrected chi connectivity index (χ2v) is 6.96. The second-order valence-electron chi connectivity index (χ2n) is 6.14. The fourth-order valence-electron chi connectivity index (χ4n) is 2.67. The topological polar surface area (TPSA) is 64.1 Å². The van der Waals surface area contributed by atoms with E-state index >= 15 is 0 Å². The molecule has 2 aromatic carbocycles. The molecule has 0 unspecified atom stereocenters. The Morgan fingerprint density at radius 1 is 1.22 bits per heavy atom. The van der Waals surface area contributed by atoms with E-state index in [1.807, 2.05) is 56.3 Å². The number of hydrogen-bond acceptors (Lipinski definition) is 5. The van der Waals surface area contributed by atoms with Gasteiger partial charge in [-0.3, -0.25) is 0 Å². The molecular weight excluding hydrogens is 384 g/mol. The lowest BCUT2D eigenvalue weighted by Crippen LogP contribution is -2.17. The fourth-order valence-corrected chi connectivity index (χ4v) is 3.06. The molecule has 3 rings (SSSR count). The Kier molecular flexibility index (Phi) is 6.03. The van der Waals surface area contributed by atoms with Crippen molar-refractivity contribution in [1.29, 1.82) is 0 Å². The average Bonchev–Trinajstić information content (AvgIpc) is 3.02. The molecule has 0 bridgehead atoms. The monoisotopic (exact) mass is 404 g/mol. The Balaban J connectivity index is 1.91. The molecule has 0 aliphatic rings. The molecule has 6 nitrogen and oxygen atoms in total. The molecule has 2 N–H and O–H groups in total. The summed E-state index contributed by atoms with van der Waals surface area (Å²) in [7, 11) is 1.62. The predicted molar refractivity (Wildman–Crippen MR) is 110 cm³/mol. The number of ether oxygens (including phenoxy) is 2. The van der Waals surface area contributed by atoms with Crippen LogP contribution in [-0.4, -0.2) is 28.1 Å². The summed E-state index contributed by atoms with van der Waals surface area (Å²) < 4.78 is 13.5. The Bertz CT molecular complexity index is 984. The van der Waals surface area contributed by atoms with Gasteiger partial charge in [-0.15, -0.1) is 0 Å². The minimum atomic E-state index is 0.0603. The Hall–Kier alpha value is -2.51. The van der Waals surface area contributed by atoms with Crippen molar-refractivity contribution in [3.05, 3.63) is 57.8 Å². The van der Waals surface area contributed by atoms with Crippen LogP contribution in [-0.2, 0) is 6.54 Å². The summed E-state index contributed by atoms with van der Waals surface area (Å²) in [5, 5.41) is 7.81. The molecular formula is C19H21ClN4O2S. The number of H-pyrrole nitrogens is 1. The third kappa shape index (κ3) is 4.43. The van der Waals surface area contributed by atoms with Crippen LogP contribution < -0.4 is 14.9 Å². The van der Waals surface area contributed by atoms with E-state index in [4.69, 9.17) is 33.3 Å². The molecule has 0 radical (unpaired) electrons. The lowest BCUT2D eigenvalue weighted by molar-refractivity contribution is 0.240. The van der Waals surface area contributed by atoms with Crippen molar-refractivity contribution in [1.82, 2.24) is 14.9 Å². The molecule has 0 saturated heterocycles. The van der Waals surface area contributed by atoms with Crippen LogP contribution in [0.15, 0.2) is 42.5 Å². The van der Waals surface area contributed by atoms with Crippen LogP contribution in [0.3, 0.4) is 0 Å². The zero-order chi connectivity index (χ0) is 19.4. The number of rotatable bonds is 7. The number of hydrogen-bond donors (Lipinski definition) is 2. The number of nitrogens with one attached hydrogen (secondary N) is 2.